The molecule has 0 spiro atoms. The summed E-state index contributed by atoms with van der Waals surface area (Å²) in [6.07, 6.45) is 2.17. The summed E-state index contributed by atoms with van der Waals surface area (Å²) in [5.41, 5.74) is 5.39. The average Bonchev–Trinajstić information content (AvgIpc) is 2.78. The van der Waals surface area contributed by atoms with Crippen LogP contribution in [0.1, 0.15) is 48.1 Å². The van der Waals surface area contributed by atoms with Crippen LogP contribution >= 0.6 is 12.4 Å². The van der Waals surface area contributed by atoms with Crippen molar-refractivity contribution < 1.29 is 4.74 Å². The lowest BCUT2D eigenvalue weighted by Crippen LogP contribution is -2.38. The van der Waals surface area contributed by atoms with E-state index in [0.29, 0.717) is 12.6 Å². The summed E-state index contributed by atoms with van der Waals surface area (Å²) in [6.45, 7) is 4.70. The first-order valence-corrected chi connectivity index (χ1v) is 10.3. The maximum absolute atomic E-state index is 6.09. The van der Waals surface area contributed by atoms with Gasteiger partial charge in [0.2, 0.25) is 0 Å². The van der Waals surface area contributed by atoms with E-state index in [0.717, 1.165) is 26.0 Å². The van der Waals surface area contributed by atoms with Crippen LogP contribution in [0.4, 0.5) is 0 Å². The van der Waals surface area contributed by atoms with E-state index in [-0.39, 0.29) is 17.8 Å². The van der Waals surface area contributed by atoms with Crippen molar-refractivity contribution >= 4 is 12.4 Å². The molecule has 0 saturated carbocycles. The van der Waals surface area contributed by atoms with Crippen molar-refractivity contribution in [1.29, 1.82) is 0 Å². The quantitative estimate of drug-likeness (QED) is 0.481. The fraction of sp³-hybridized carbons (Fsp3) is 0.308. The summed E-state index contributed by atoms with van der Waals surface area (Å²) in [6, 6.07) is 30.7. The normalized spacial score (nSPS) is 19.1. The van der Waals surface area contributed by atoms with Crippen LogP contribution in [0.15, 0.2) is 84.9 Å². The van der Waals surface area contributed by atoms with Crippen molar-refractivity contribution in [3.8, 4) is 0 Å². The Morgan fingerprint density at radius 2 is 1.55 bits per heavy atom. The van der Waals surface area contributed by atoms with Gasteiger partial charge in [-0.2, -0.15) is 0 Å². The standard InChI is InChI=1S/C26H29NO.ClH/c1-21(22-11-4-2-5-12-22)27-18-10-17-26(24-14-6-3-7-15-24)20-28-19-23-13-8-9-16-25(23)26;/h2-9,11-16,21,27H,10,17-20H2,1H3;1H. The molecule has 0 aromatic heterocycles. The number of hydrogen-bond acceptors (Lipinski definition) is 2. The molecule has 0 fully saturated rings. The Bertz CT molecular complexity index is 883. The largest absolute Gasteiger partial charge is 0.375 e. The van der Waals surface area contributed by atoms with E-state index in [2.05, 4.69) is 97.2 Å². The second-order valence-corrected chi connectivity index (χ2v) is 7.79. The molecule has 0 bridgehead atoms. The molecule has 1 N–H and O–H groups in total. The van der Waals surface area contributed by atoms with Gasteiger partial charge in [0, 0.05) is 11.5 Å². The zero-order chi connectivity index (χ0) is 19.2. The van der Waals surface area contributed by atoms with Crippen LogP contribution in [0.25, 0.3) is 0 Å². The summed E-state index contributed by atoms with van der Waals surface area (Å²) in [5.74, 6) is 0. The molecule has 2 nitrogen and oxygen atoms in total. The third kappa shape index (κ3) is 4.72. The van der Waals surface area contributed by atoms with Gasteiger partial charge >= 0.3 is 0 Å². The van der Waals surface area contributed by atoms with E-state index < -0.39 is 0 Å². The molecule has 3 aromatic rings. The first-order valence-electron chi connectivity index (χ1n) is 10.3. The molecule has 0 amide bonds. The van der Waals surface area contributed by atoms with Gasteiger partial charge < -0.3 is 10.1 Å². The van der Waals surface area contributed by atoms with E-state index in [9.17, 15) is 0 Å². The Hall–Kier alpha value is -2.13. The highest BCUT2D eigenvalue weighted by atomic mass is 35.5. The number of fused-ring (bicyclic) bond motifs is 1. The second-order valence-electron chi connectivity index (χ2n) is 7.79. The summed E-state index contributed by atoms with van der Waals surface area (Å²) in [7, 11) is 0. The molecule has 4 rings (SSSR count). The lowest BCUT2D eigenvalue weighted by atomic mass is 9.69. The van der Waals surface area contributed by atoms with Gasteiger partial charge in [-0.15, -0.1) is 12.4 Å². The van der Waals surface area contributed by atoms with Gasteiger partial charge in [-0.1, -0.05) is 84.9 Å². The highest BCUT2D eigenvalue weighted by molar-refractivity contribution is 5.85. The zero-order valence-corrected chi connectivity index (χ0v) is 17.8. The number of halogens is 1. The average molecular weight is 408 g/mol. The van der Waals surface area contributed by atoms with E-state index in [1.807, 2.05) is 0 Å². The van der Waals surface area contributed by atoms with Crippen molar-refractivity contribution in [2.75, 3.05) is 13.2 Å². The number of nitrogens with one attached hydrogen (secondary N) is 1. The highest BCUT2D eigenvalue weighted by Gasteiger charge is 2.38. The Morgan fingerprint density at radius 3 is 2.31 bits per heavy atom. The minimum Gasteiger partial charge on any atom is -0.375 e. The summed E-state index contributed by atoms with van der Waals surface area (Å²) in [4.78, 5) is 0. The fourth-order valence-corrected chi connectivity index (χ4v) is 4.44. The molecule has 2 unspecified atom stereocenters. The molecule has 152 valence electrons. The molecule has 1 aliphatic rings. The third-order valence-corrected chi connectivity index (χ3v) is 6.00. The van der Waals surface area contributed by atoms with Crippen LogP contribution in [0.5, 0.6) is 0 Å². The number of benzene rings is 3. The highest BCUT2D eigenvalue weighted by Crippen LogP contribution is 2.41. The predicted octanol–water partition coefficient (Wildman–Crippen LogP) is 6.06. The predicted molar refractivity (Wildman–Crippen MR) is 123 cm³/mol. The van der Waals surface area contributed by atoms with Gasteiger partial charge in [0.1, 0.15) is 0 Å². The van der Waals surface area contributed by atoms with Crippen molar-refractivity contribution in [2.45, 2.75) is 37.8 Å². The van der Waals surface area contributed by atoms with E-state index in [1.165, 1.54) is 22.3 Å². The van der Waals surface area contributed by atoms with Crippen LogP contribution in [0, 0.1) is 0 Å². The van der Waals surface area contributed by atoms with Crippen molar-refractivity contribution in [3.05, 3.63) is 107 Å². The Kier molecular flexibility index (Phi) is 7.49. The van der Waals surface area contributed by atoms with Gasteiger partial charge in [-0.3, -0.25) is 0 Å². The molecule has 3 aromatic carbocycles. The van der Waals surface area contributed by atoms with Crippen LogP contribution in [0.2, 0.25) is 0 Å². The van der Waals surface area contributed by atoms with Crippen molar-refractivity contribution in [1.82, 2.24) is 5.32 Å². The maximum Gasteiger partial charge on any atom is 0.0720 e. The summed E-state index contributed by atoms with van der Waals surface area (Å²) < 4.78 is 6.09. The van der Waals surface area contributed by atoms with Gasteiger partial charge in [-0.05, 0) is 48.6 Å². The minimum atomic E-state index is -0.0617. The fourth-order valence-electron chi connectivity index (χ4n) is 4.44. The molecular formula is C26H30ClNO. The van der Waals surface area contributed by atoms with Crippen LogP contribution in [-0.4, -0.2) is 13.2 Å². The van der Waals surface area contributed by atoms with Crippen molar-refractivity contribution in [2.24, 2.45) is 0 Å². The van der Waals surface area contributed by atoms with E-state index in [1.54, 1.807) is 0 Å². The first kappa shape index (κ1) is 21.6. The molecule has 29 heavy (non-hydrogen) atoms. The monoisotopic (exact) mass is 407 g/mol. The Balaban J connectivity index is 0.00000240. The molecular weight excluding hydrogens is 378 g/mol. The van der Waals surface area contributed by atoms with Gasteiger partial charge in [0.15, 0.2) is 0 Å². The third-order valence-electron chi connectivity index (χ3n) is 6.00. The Morgan fingerprint density at radius 1 is 0.897 bits per heavy atom. The molecule has 1 heterocycles. The van der Waals surface area contributed by atoms with Crippen LogP contribution in [-0.2, 0) is 16.8 Å². The molecule has 1 aliphatic heterocycles. The molecule has 0 radical (unpaired) electrons. The topological polar surface area (TPSA) is 21.3 Å². The lowest BCUT2D eigenvalue weighted by Gasteiger charge is -2.40. The number of rotatable bonds is 7. The minimum absolute atomic E-state index is 0. The Labute approximate surface area is 180 Å². The first-order chi connectivity index (χ1) is 13.8. The van der Waals surface area contributed by atoms with Gasteiger partial charge in [0.25, 0.3) is 0 Å². The van der Waals surface area contributed by atoms with E-state index >= 15 is 0 Å². The van der Waals surface area contributed by atoms with Gasteiger partial charge in [0.05, 0.1) is 13.2 Å². The molecule has 3 heteroatoms. The smallest absolute Gasteiger partial charge is 0.0720 e. The molecule has 0 aliphatic carbocycles. The zero-order valence-electron chi connectivity index (χ0n) is 17.0. The lowest BCUT2D eigenvalue weighted by molar-refractivity contribution is 0.0612. The van der Waals surface area contributed by atoms with Gasteiger partial charge in [-0.25, -0.2) is 0 Å². The van der Waals surface area contributed by atoms with Crippen molar-refractivity contribution in [3.63, 3.8) is 0 Å². The maximum atomic E-state index is 6.09. The molecule has 0 saturated heterocycles. The molecule has 2 atom stereocenters. The van der Waals surface area contributed by atoms with E-state index in [4.69, 9.17) is 4.74 Å². The second kappa shape index (κ2) is 10.1. The van der Waals surface area contributed by atoms with Crippen LogP contribution < -0.4 is 5.32 Å². The SMILES string of the molecule is CC(NCCCC1(c2ccccc2)COCc2ccccc21)c1ccccc1.Cl. The summed E-state index contributed by atoms with van der Waals surface area (Å²) in [5, 5.41) is 3.69. The number of hydrogen-bond donors (Lipinski definition) is 1. The number of ether oxygens (including phenoxy) is 1. The summed E-state index contributed by atoms with van der Waals surface area (Å²) >= 11 is 0. The van der Waals surface area contributed by atoms with Crippen LogP contribution in [0.3, 0.4) is 0 Å².